The first-order chi connectivity index (χ1) is 13.6. The molecule has 2 heterocycles. The topological polar surface area (TPSA) is 99.2 Å². The van der Waals surface area contributed by atoms with Crippen LogP contribution in [0, 0.1) is 5.92 Å². The highest BCUT2D eigenvalue weighted by Crippen LogP contribution is 2.28. The number of ether oxygens (including phenoxy) is 3. The van der Waals surface area contributed by atoms with Crippen LogP contribution in [0.5, 0.6) is 0 Å². The summed E-state index contributed by atoms with van der Waals surface area (Å²) in [5.74, 6) is -3.35. The summed E-state index contributed by atoms with van der Waals surface area (Å²) in [6, 6.07) is 0. The van der Waals surface area contributed by atoms with Gasteiger partial charge in [0.15, 0.2) is 6.10 Å². The fourth-order valence-corrected chi connectivity index (χ4v) is 3.13. The van der Waals surface area contributed by atoms with Crippen molar-refractivity contribution < 1.29 is 33.4 Å². The highest BCUT2D eigenvalue weighted by Gasteiger charge is 2.44. The van der Waals surface area contributed by atoms with Gasteiger partial charge in [-0.15, -0.1) is 0 Å². The van der Waals surface area contributed by atoms with Gasteiger partial charge in [-0.1, -0.05) is 31.7 Å². The zero-order valence-corrected chi connectivity index (χ0v) is 17.2. The summed E-state index contributed by atoms with van der Waals surface area (Å²) in [7, 11) is 1.87. The molecule has 0 spiro atoms. The highest BCUT2D eigenvalue weighted by atomic mass is 16.6. The van der Waals surface area contributed by atoms with E-state index in [9.17, 15) is 19.2 Å². The average Bonchev–Trinajstić information content (AvgIpc) is 2.65. The molecule has 158 valence electrons. The van der Waals surface area contributed by atoms with Gasteiger partial charge in [0.05, 0.1) is 5.57 Å². The molecule has 0 saturated heterocycles. The summed E-state index contributed by atoms with van der Waals surface area (Å²) in [6.07, 6.45) is 3.68. The van der Waals surface area contributed by atoms with Crippen molar-refractivity contribution >= 4 is 23.7 Å². The third-order valence-electron chi connectivity index (χ3n) is 5.15. The molecule has 2 aliphatic rings. The number of fused-ring (bicyclic) bond motifs is 2. The lowest BCUT2D eigenvalue weighted by atomic mass is 9.88. The van der Waals surface area contributed by atoms with Crippen LogP contribution in [-0.4, -0.2) is 67.0 Å². The van der Waals surface area contributed by atoms with Gasteiger partial charge in [0.25, 0.3) is 0 Å². The molecule has 8 nitrogen and oxygen atoms in total. The minimum atomic E-state index is -1.69. The van der Waals surface area contributed by atoms with Gasteiger partial charge >= 0.3 is 17.9 Å². The summed E-state index contributed by atoms with van der Waals surface area (Å²) in [4.78, 5) is 52.0. The van der Waals surface area contributed by atoms with Crippen molar-refractivity contribution in [3.05, 3.63) is 36.0 Å². The van der Waals surface area contributed by atoms with Gasteiger partial charge in [0.1, 0.15) is 6.61 Å². The molecule has 8 heteroatoms. The Labute approximate surface area is 170 Å². The molecule has 2 aliphatic heterocycles. The Morgan fingerprint density at radius 2 is 2.07 bits per heavy atom. The number of carbonyl (C=O) groups excluding carboxylic acids is 4. The minimum absolute atomic E-state index is 0.0676. The van der Waals surface area contributed by atoms with Gasteiger partial charge < -0.3 is 19.1 Å². The third kappa shape index (κ3) is 5.20. The lowest BCUT2D eigenvalue weighted by Gasteiger charge is -2.32. The van der Waals surface area contributed by atoms with Gasteiger partial charge in [-0.2, -0.15) is 0 Å². The van der Waals surface area contributed by atoms with E-state index in [2.05, 4.69) is 6.58 Å². The monoisotopic (exact) mass is 405 g/mol. The number of esters is 3. The van der Waals surface area contributed by atoms with Gasteiger partial charge in [0, 0.05) is 37.9 Å². The van der Waals surface area contributed by atoms with Crippen LogP contribution in [0.25, 0.3) is 0 Å². The maximum atomic E-state index is 12.9. The van der Waals surface area contributed by atoms with Gasteiger partial charge in [-0.25, -0.2) is 9.59 Å². The number of carbonyl (C=O) groups is 4. The van der Waals surface area contributed by atoms with Crippen molar-refractivity contribution in [2.45, 2.75) is 38.9 Å². The average molecular weight is 405 g/mol. The number of hydrogen-bond donors (Lipinski definition) is 0. The minimum Gasteiger partial charge on any atom is -0.458 e. The van der Waals surface area contributed by atoms with Gasteiger partial charge in [-0.05, 0) is 14.0 Å². The van der Waals surface area contributed by atoms with Crippen molar-refractivity contribution in [2.24, 2.45) is 5.92 Å². The van der Waals surface area contributed by atoms with E-state index in [1.165, 1.54) is 26.0 Å². The Morgan fingerprint density at radius 3 is 2.69 bits per heavy atom. The van der Waals surface area contributed by atoms with Crippen molar-refractivity contribution in [1.29, 1.82) is 0 Å². The van der Waals surface area contributed by atoms with E-state index in [0.29, 0.717) is 19.5 Å². The summed E-state index contributed by atoms with van der Waals surface area (Å²) >= 11 is 0. The molecular weight excluding hydrogens is 378 g/mol. The molecule has 29 heavy (non-hydrogen) atoms. The number of nitrogens with zero attached hydrogens (tertiary/aromatic N) is 1. The maximum Gasteiger partial charge on any atom is 0.351 e. The van der Waals surface area contributed by atoms with Crippen LogP contribution < -0.4 is 0 Å². The van der Waals surface area contributed by atoms with E-state index >= 15 is 0 Å². The molecule has 0 N–H and O–H groups in total. The first kappa shape index (κ1) is 22.5. The highest BCUT2D eigenvalue weighted by molar-refractivity contribution is 6.02. The zero-order chi connectivity index (χ0) is 21.8. The van der Waals surface area contributed by atoms with E-state index in [0.717, 1.165) is 0 Å². The van der Waals surface area contributed by atoms with Gasteiger partial charge in [-0.3, -0.25) is 9.59 Å². The normalized spacial score (nSPS) is 29.6. The van der Waals surface area contributed by atoms with E-state index < -0.39 is 41.3 Å². The standard InChI is InChI=1S/C21H27NO7/c1-6-15-11-13(2)21(4,29-14(3)23)20(26)27-12-16-7-9-22(5)10-8-17(18(16)24)28-19(15)25/h6-7,11,13,17H,1,8-10,12H2,2-5H3/t13-,17+,21-/m0/s1. The molecule has 0 unspecified atom stereocenters. The van der Waals surface area contributed by atoms with E-state index in [1.54, 1.807) is 13.0 Å². The molecule has 0 aliphatic carbocycles. The van der Waals surface area contributed by atoms with Crippen LogP contribution >= 0.6 is 0 Å². The molecule has 2 rings (SSSR count). The molecule has 0 aromatic carbocycles. The predicted molar refractivity (Wildman–Crippen MR) is 104 cm³/mol. The number of likely N-dealkylation sites (N-methyl/N-ethyl adjacent to an activating group) is 1. The Morgan fingerprint density at radius 1 is 1.38 bits per heavy atom. The van der Waals surface area contributed by atoms with Crippen LogP contribution in [0.4, 0.5) is 0 Å². The molecule has 0 fully saturated rings. The van der Waals surface area contributed by atoms with Crippen LogP contribution in [0.2, 0.25) is 0 Å². The number of cyclic esters (lactones) is 1. The van der Waals surface area contributed by atoms with E-state index in [4.69, 9.17) is 14.2 Å². The van der Waals surface area contributed by atoms with Crippen molar-refractivity contribution in [1.82, 2.24) is 4.90 Å². The molecule has 0 radical (unpaired) electrons. The van der Waals surface area contributed by atoms with Gasteiger partial charge in [0.2, 0.25) is 11.4 Å². The number of ketones is 1. The first-order valence-electron chi connectivity index (χ1n) is 9.42. The molecule has 2 bridgehead atoms. The van der Waals surface area contributed by atoms with Crippen LogP contribution in [0.1, 0.15) is 27.2 Å². The largest absolute Gasteiger partial charge is 0.458 e. The summed E-state index contributed by atoms with van der Waals surface area (Å²) in [5.41, 5.74) is -1.40. The fraction of sp³-hybridized carbons (Fsp3) is 0.524. The second kappa shape index (κ2) is 9.17. The molecule has 0 saturated carbocycles. The summed E-state index contributed by atoms with van der Waals surface area (Å²) < 4.78 is 16.1. The molecular formula is C21H27NO7. The Hall–Kier alpha value is -2.74. The fourth-order valence-electron chi connectivity index (χ4n) is 3.13. The quantitative estimate of drug-likeness (QED) is 0.502. The van der Waals surface area contributed by atoms with Crippen molar-refractivity contribution in [3.63, 3.8) is 0 Å². The second-order valence-electron chi connectivity index (χ2n) is 7.43. The molecule has 3 atom stereocenters. The number of Topliss-reactive ketones (excluding diaryl/α,β-unsaturated/α-hetero) is 1. The lowest BCUT2D eigenvalue weighted by Crippen LogP contribution is -2.47. The molecule has 0 aromatic heterocycles. The van der Waals surface area contributed by atoms with Crippen molar-refractivity contribution in [3.8, 4) is 0 Å². The summed E-state index contributed by atoms with van der Waals surface area (Å²) in [6.45, 7) is 8.54. The number of hydrogen-bond acceptors (Lipinski definition) is 8. The first-order valence-corrected chi connectivity index (χ1v) is 9.42. The Bertz CT molecular complexity index is 782. The van der Waals surface area contributed by atoms with Crippen molar-refractivity contribution in [2.75, 3.05) is 26.7 Å². The smallest absolute Gasteiger partial charge is 0.351 e. The predicted octanol–water partition coefficient (Wildman–Crippen LogP) is 1.36. The van der Waals surface area contributed by atoms with E-state index in [1.807, 2.05) is 11.9 Å². The number of rotatable bonds is 2. The van der Waals surface area contributed by atoms with Crippen LogP contribution in [0.3, 0.4) is 0 Å². The van der Waals surface area contributed by atoms with Crippen LogP contribution in [-0.2, 0) is 33.4 Å². The Balaban J connectivity index is 2.54. The Kier molecular flexibility index (Phi) is 7.13. The van der Waals surface area contributed by atoms with E-state index in [-0.39, 0.29) is 17.8 Å². The molecule has 0 aromatic rings. The third-order valence-corrected chi connectivity index (χ3v) is 5.15. The lowest BCUT2D eigenvalue weighted by molar-refractivity contribution is -0.183. The zero-order valence-electron chi connectivity index (χ0n) is 17.2. The van der Waals surface area contributed by atoms with Crippen LogP contribution in [0.15, 0.2) is 36.0 Å². The maximum absolute atomic E-state index is 12.9. The second-order valence-corrected chi connectivity index (χ2v) is 7.43. The summed E-state index contributed by atoms with van der Waals surface area (Å²) in [5, 5.41) is 0. The SMILES string of the molecule is C=CC1=C[C@H](C)[C@](C)(OC(C)=O)C(=O)OCC2=CCN(C)CC[C@@H](OC1=O)C2=O. The molecule has 0 amide bonds.